The summed E-state index contributed by atoms with van der Waals surface area (Å²) in [6.45, 7) is 3.82. The van der Waals surface area contributed by atoms with Gasteiger partial charge >= 0.3 is 0 Å². The van der Waals surface area contributed by atoms with Gasteiger partial charge in [-0.3, -0.25) is 4.79 Å². The normalized spacial score (nSPS) is 12.3. The van der Waals surface area contributed by atoms with Crippen molar-refractivity contribution < 1.29 is 4.79 Å². The molecule has 0 aliphatic carbocycles. The second kappa shape index (κ2) is 5.73. The number of aryl methyl sites for hydroxylation is 1. The second-order valence-corrected chi connectivity index (χ2v) is 6.11. The van der Waals surface area contributed by atoms with E-state index in [-0.39, 0.29) is 5.91 Å². The van der Waals surface area contributed by atoms with Crippen molar-refractivity contribution in [3.05, 3.63) is 48.4 Å². The SMILES string of the molecule is Cc1ccccc1-c1ncc(-c2nccn2[C@@H](C)C(N)=O)s1. The lowest BCUT2D eigenvalue weighted by Crippen LogP contribution is -2.23. The predicted molar refractivity (Wildman–Crippen MR) is 87.4 cm³/mol. The number of carbonyl (C=O) groups excluding carboxylic acids is 1. The molecule has 5 nitrogen and oxygen atoms in total. The van der Waals surface area contributed by atoms with Crippen LogP contribution in [0, 0.1) is 6.92 Å². The number of nitrogens with two attached hydrogens (primary N) is 1. The van der Waals surface area contributed by atoms with Crippen LogP contribution < -0.4 is 5.73 Å². The van der Waals surface area contributed by atoms with Gasteiger partial charge in [-0.05, 0) is 19.4 Å². The van der Waals surface area contributed by atoms with Crippen molar-refractivity contribution in [1.29, 1.82) is 0 Å². The molecule has 0 spiro atoms. The molecular weight excluding hydrogens is 296 g/mol. The number of aromatic nitrogens is 3. The molecule has 0 aliphatic rings. The molecule has 1 atom stereocenters. The highest BCUT2D eigenvalue weighted by Gasteiger charge is 2.18. The van der Waals surface area contributed by atoms with Crippen molar-refractivity contribution in [3.63, 3.8) is 0 Å². The standard InChI is InChI=1S/C16H16N4OS/c1-10-5-3-4-6-12(10)16-19-9-13(22-16)15-18-7-8-20(15)11(2)14(17)21/h3-9,11H,1-2H3,(H2,17,21)/t11-/m0/s1. The Morgan fingerprint density at radius 2 is 2.09 bits per heavy atom. The molecule has 0 saturated carbocycles. The molecular formula is C16H16N4OS. The topological polar surface area (TPSA) is 73.8 Å². The lowest BCUT2D eigenvalue weighted by atomic mass is 10.1. The van der Waals surface area contributed by atoms with E-state index in [0.29, 0.717) is 5.82 Å². The van der Waals surface area contributed by atoms with Gasteiger partial charge in [0.2, 0.25) is 5.91 Å². The Bertz CT molecular complexity index is 821. The number of rotatable bonds is 4. The molecule has 112 valence electrons. The van der Waals surface area contributed by atoms with Crippen LogP contribution in [0.5, 0.6) is 0 Å². The van der Waals surface area contributed by atoms with Crippen molar-refractivity contribution >= 4 is 17.2 Å². The molecule has 1 aromatic carbocycles. The molecule has 2 N–H and O–H groups in total. The molecule has 0 aliphatic heterocycles. The van der Waals surface area contributed by atoms with Crippen LogP contribution in [0.25, 0.3) is 21.3 Å². The monoisotopic (exact) mass is 312 g/mol. The van der Waals surface area contributed by atoms with Crippen LogP contribution in [0.4, 0.5) is 0 Å². The van der Waals surface area contributed by atoms with Crippen molar-refractivity contribution in [1.82, 2.24) is 14.5 Å². The maximum atomic E-state index is 11.4. The van der Waals surface area contributed by atoms with E-state index >= 15 is 0 Å². The van der Waals surface area contributed by atoms with E-state index in [1.54, 1.807) is 41.4 Å². The summed E-state index contributed by atoms with van der Waals surface area (Å²) in [5.41, 5.74) is 7.68. The Morgan fingerprint density at radius 3 is 2.82 bits per heavy atom. The summed E-state index contributed by atoms with van der Waals surface area (Å²) in [7, 11) is 0. The molecule has 0 fully saturated rings. The zero-order chi connectivity index (χ0) is 15.7. The van der Waals surface area contributed by atoms with Gasteiger partial charge in [-0.15, -0.1) is 11.3 Å². The van der Waals surface area contributed by atoms with Gasteiger partial charge in [0.1, 0.15) is 11.0 Å². The predicted octanol–water partition coefficient (Wildman–Crippen LogP) is 3.03. The third kappa shape index (κ3) is 2.53. The van der Waals surface area contributed by atoms with Crippen molar-refractivity contribution in [2.75, 3.05) is 0 Å². The van der Waals surface area contributed by atoms with Crippen LogP contribution in [0.1, 0.15) is 18.5 Å². The number of thiazole rings is 1. The highest BCUT2D eigenvalue weighted by Crippen LogP contribution is 2.33. The van der Waals surface area contributed by atoms with Gasteiger partial charge in [-0.1, -0.05) is 24.3 Å². The van der Waals surface area contributed by atoms with Crippen molar-refractivity contribution in [2.45, 2.75) is 19.9 Å². The van der Waals surface area contributed by atoms with Gasteiger partial charge in [0.15, 0.2) is 5.82 Å². The van der Waals surface area contributed by atoms with Gasteiger partial charge in [-0.25, -0.2) is 9.97 Å². The molecule has 6 heteroatoms. The first-order valence-electron chi connectivity index (χ1n) is 6.92. The molecule has 0 radical (unpaired) electrons. The first-order chi connectivity index (χ1) is 10.6. The zero-order valence-electron chi connectivity index (χ0n) is 12.4. The van der Waals surface area contributed by atoms with E-state index in [2.05, 4.69) is 29.0 Å². The second-order valence-electron chi connectivity index (χ2n) is 5.08. The Kier molecular flexibility index (Phi) is 3.77. The fourth-order valence-corrected chi connectivity index (χ4v) is 3.28. The van der Waals surface area contributed by atoms with E-state index in [4.69, 9.17) is 5.73 Å². The first kappa shape index (κ1) is 14.5. The fourth-order valence-electron chi connectivity index (χ4n) is 2.27. The van der Waals surface area contributed by atoms with Gasteiger partial charge in [0.05, 0.1) is 4.88 Å². The van der Waals surface area contributed by atoms with E-state index in [1.165, 1.54) is 5.56 Å². The molecule has 3 aromatic rings. The summed E-state index contributed by atoms with van der Waals surface area (Å²) >= 11 is 1.55. The van der Waals surface area contributed by atoms with Gasteiger partial charge < -0.3 is 10.3 Å². The zero-order valence-corrected chi connectivity index (χ0v) is 13.2. The van der Waals surface area contributed by atoms with E-state index in [9.17, 15) is 4.79 Å². The number of nitrogens with zero attached hydrogens (tertiary/aromatic N) is 3. The number of carbonyl (C=O) groups is 1. The largest absolute Gasteiger partial charge is 0.368 e. The minimum absolute atomic E-state index is 0.386. The molecule has 0 bridgehead atoms. The molecule has 0 unspecified atom stereocenters. The minimum Gasteiger partial charge on any atom is -0.368 e. The molecule has 3 rings (SSSR count). The summed E-state index contributed by atoms with van der Waals surface area (Å²) in [6.07, 6.45) is 5.22. The number of hydrogen-bond acceptors (Lipinski definition) is 4. The highest BCUT2D eigenvalue weighted by molar-refractivity contribution is 7.18. The Morgan fingerprint density at radius 1 is 1.32 bits per heavy atom. The van der Waals surface area contributed by atoms with Crippen LogP contribution >= 0.6 is 11.3 Å². The lowest BCUT2D eigenvalue weighted by molar-refractivity contribution is -0.120. The molecule has 1 amide bonds. The summed E-state index contributed by atoms with van der Waals surface area (Å²) in [5.74, 6) is 0.325. The molecule has 22 heavy (non-hydrogen) atoms. The molecule has 2 heterocycles. The summed E-state index contributed by atoms with van der Waals surface area (Å²) in [6, 6.07) is 7.68. The first-order valence-corrected chi connectivity index (χ1v) is 7.74. The number of amides is 1. The van der Waals surface area contributed by atoms with Crippen LogP contribution in [0.15, 0.2) is 42.9 Å². The fraction of sp³-hybridized carbons (Fsp3) is 0.188. The Labute approximate surface area is 132 Å². The summed E-state index contributed by atoms with van der Waals surface area (Å²) < 4.78 is 1.78. The maximum Gasteiger partial charge on any atom is 0.240 e. The lowest BCUT2D eigenvalue weighted by Gasteiger charge is -2.11. The number of hydrogen-bond donors (Lipinski definition) is 1. The van der Waals surface area contributed by atoms with E-state index in [0.717, 1.165) is 15.4 Å². The van der Waals surface area contributed by atoms with E-state index < -0.39 is 6.04 Å². The summed E-state index contributed by atoms with van der Waals surface area (Å²) in [5, 5.41) is 0.939. The minimum atomic E-state index is -0.443. The highest BCUT2D eigenvalue weighted by atomic mass is 32.1. The number of primary amides is 1. The third-order valence-corrected chi connectivity index (χ3v) is 4.63. The van der Waals surface area contributed by atoms with Crippen molar-refractivity contribution in [3.8, 4) is 21.3 Å². The van der Waals surface area contributed by atoms with Crippen LogP contribution in [0.2, 0.25) is 0 Å². The molecule has 2 aromatic heterocycles. The van der Waals surface area contributed by atoms with Gasteiger partial charge in [-0.2, -0.15) is 0 Å². The van der Waals surface area contributed by atoms with E-state index in [1.807, 2.05) is 12.1 Å². The van der Waals surface area contributed by atoms with Gasteiger partial charge in [0, 0.05) is 24.2 Å². The van der Waals surface area contributed by atoms with Crippen LogP contribution in [-0.4, -0.2) is 20.4 Å². The van der Waals surface area contributed by atoms with Crippen molar-refractivity contribution in [2.24, 2.45) is 5.73 Å². The quantitative estimate of drug-likeness (QED) is 0.804. The Hall–Kier alpha value is -2.47. The Balaban J connectivity index is 2.01. The summed E-state index contributed by atoms with van der Waals surface area (Å²) in [4.78, 5) is 21.2. The smallest absolute Gasteiger partial charge is 0.240 e. The average molecular weight is 312 g/mol. The van der Waals surface area contributed by atoms with Crippen LogP contribution in [-0.2, 0) is 4.79 Å². The average Bonchev–Trinajstić information content (AvgIpc) is 3.15. The van der Waals surface area contributed by atoms with Crippen LogP contribution in [0.3, 0.4) is 0 Å². The maximum absolute atomic E-state index is 11.4. The number of imidazole rings is 1. The van der Waals surface area contributed by atoms with Gasteiger partial charge in [0.25, 0.3) is 0 Å². The molecule has 0 saturated heterocycles. The third-order valence-electron chi connectivity index (χ3n) is 3.60. The number of benzene rings is 1.